The van der Waals surface area contributed by atoms with Gasteiger partial charge in [-0.3, -0.25) is 10.1 Å². The highest BCUT2D eigenvalue weighted by atomic mass is 32.1. The van der Waals surface area contributed by atoms with Crippen LogP contribution >= 0.6 is 12.2 Å². The summed E-state index contributed by atoms with van der Waals surface area (Å²) in [5, 5.41) is 5.79. The molecule has 23 heavy (non-hydrogen) atoms. The molecule has 0 saturated carbocycles. The molecular weight excluding hydrogens is 312 g/mol. The van der Waals surface area contributed by atoms with Gasteiger partial charge in [-0.25, -0.2) is 0 Å². The lowest BCUT2D eigenvalue weighted by Gasteiger charge is -2.13. The molecule has 0 aromatic heterocycles. The molecule has 0 heterocycles. The van der Waals surface area contributed by atoms with Crippen molar-refractivity contribution >= 4 is 28.9 Å². The number of methoxy groups -OCH3 is 2. The molecule has 2 rings (SSSR count). The minimum Gasteiger partial charge on any atom is -0.497 e. The fourth-order valence-electron chi connectivity index (χ4n) is 2.02. The molecule has 1 amide bonds. The Morgan fingerprint density at radius 2 is 1.87 bits per heavy atom. The monoisotopic (exact) mass is 330 g/mol. The predicted octanol–water partition coefficient (Wildman–Crippen LogP) is 3.14. The van der Waals surface area contributed by atoms with Crippen LogP contribution in [-0.4, -0.2) is 25.2 Å². The molecule has 0 radical (unpaired) electrons. The van der Waals surface area contributed by atoms with E-state index in [1.807, 2.05) is 19.1 Å². The van der Waals surface area contributed by atoms with Crippen LogP contribution in [-0.2, 0) is 0 Å². The Balaban J connectivity index is 2.06. The lowest BCUT2D eigenvalue weighted by atomic mass is 10.1. The number of carbonyl (C=O) groups is 1. The minimum atomic E-state index is -0.265. The molecule has 2 aromatic carbocycles. The van der Waals surface area contributed by atoms with Gasteiger partial charge in [-0.05, 0) is 43.4 Å². The first kappa shape index (κ1) is 16.8. The Morgan fingerprint density at radius 1 is 1.09 bits per heavy atom. The number of rotatable bonds is 4. The van der Waals surface area contributed by atoms with E-state index in [9.17, 15) is 4.79 Å². The Morgan fingerprint density at radius 3 is 2.52 bits per heavy atom. The van der Waals surface area contributed by atoms with Gasteiger partial charge in [0.05, 0.1) is 19.9 Å². The van der Waals surface area contributed by atoms with Gasteiger partial charge >= 0.3 is 0 Å². The number of aryl methyl sites for hydroxylation is 1. The summed E-state index contributed by atoms with van der Waals surface area (Å²) in [4.78, 5) is 12.2. The molecule has 0 atom stereocenters. The third-order valence-electron chi connectivity index (χ3n) is 3.16. The van der Waals surface area contributed by atoms with Crippen LogP contribution in [0.3, 0.4) is 0 Å². The highest BCUT2D eigenvalue weighted by Gasteiger charge is 2.10. The number of amides is 1. The van der Waals surface area contributed by atoms with Crippen LogP contribution in [0, 0.1) is 6.92 Å². The molecule has 0 spiro atoms. The van der Waals surface area contributed by atoms with E-state index >= 15 is 0 Å². The maximum absolute atomic E-state index is 12.2. The second kappa shape index (κ2) is 7.60. The van der Waals surface area contributed by atoms with Gasteiger partial charge in [0.1, 0.15) is 11.5 Å². The second-order valence-corrected chi connectivity index (χ2v) is 5.25. The number of anilines is 1. The van der Waals surface area contributed by atoms with Crippen molar-refractivity contribution in [3.8, 4) is 11.5 Å². The van der Waals surface area contributed by atoms with E-state index in [0.717, 1.165) is 5.56 Å². The molecule has 2 N–H and O–H groups in total. The van der Waals surface area contributed by atoms with E-state index in [0.29, 0.717) is 22.7 Å². The molecule has 0 aliphatic heterocycles. The summed E-state index contributed by atoms with van der Waals surface area (Å²) in [6, 6.07) is 12.6. The van der Waals surface area contributed by atoms with Crippen molar-refractivity contribution < 1.29 is 14.3 Å². The lowest BCUT2D eigenvalue weighted by Crippen LogP contribution is -2.34. The van der Waals surface area contributed by atoms with Gasteiger partial charge in [-0.2, -0.15) is 0 Å². The molecular formula is C17H18N2O3S. The average molecular weight is 330 g/mol. The first-order valence-corrected chi connectivity index (χ1v) is 7.35. The predicted molar refractivity (Wildman–Crippen MR) is 94.4 cm³/mol. The lowest BCUT2D eigenvalue weighted by molar-refractivity contribution is 0.0977. The van der Waals surface area contributed by atoms with Crippen molar-refractivity contribution in [2.24, 2.45) is 0 Å². The highest BCUT2D eigenvalue weighted by Crippen LogP contribution is 2.28. The topological polar surface area (TPSA) is 59.6 Å². The molecule has 0 saturated heterocycles. The van der Waals surface area contributed by atoms with Crippen LogP contribution in [0.15, 0.2) is 42.5 Å². The number of thiocarbonyl (C=S) groups is 1. The molecule has 0 aliphatic carbocycles. The molecule has 0 bridgehead atoms. The second-order valence-electron chi connectivity index (χ2n) is 4.84. The number of carbonyl (C=O) groups excluding carboxylic acids is 1. The Kier molecular flexibility index (Phi) is 5.54. The van der Waals surface area contributed by atoms with Crippen LogP contribution in [0.25, 0.3) is 0 Å². The third-order valence-corrected chi connectivity index (χ3v) is 3.37. The summed E-state index contributed by atoms with van der Waals surface area (Å²) >= 11 is 5.18. The smallest absolute Gasteiger partial charge is 0.257 e. The van der Waals surface area contributed by atoms with Crippen LogP contribution in [0.5, 0.6) is 11.5 Å². The van der Waals surface area contributed by atoms with E-state index in [2.05, 4.69) is 10.6 Å². The van der Waals surface area contributed by atoms with E-state index in [4.69, 9.17) is 21.7 Å². The maximum atomic E-state index is 12.2. The van der Waals surface area contributed by atoms with Gasteiger partial charge in [0.25, 0.3) is 5.91 Å². The minimum absolute atomic E-state index is 0.194. The highest BCUT2D eigenvalue weighted by molar-refractivity contribution is 7.80. The van der Waals surface area contributed by atoms with Gasteiger partial charge in [0, 0.05) is 11.6 Å². The first-order chi connectivity index (χ1) is 11.0. The van der Waals surface area contributed by atoms with Gasteiger partial charge in [-0.1, -0.05) is 17.7 Å². The fraction of sp³-hybridized carbons (Fsp3) is 0.176. The SMILES string of the molecule is COc1ccc(NC(=S)NC(=O)c2cccc(C)c2)c(OC)c1. The summed E-state index contributed by atoms with van der Waals surface area (Å²) in [5.74, 6) is 0.970. The van der Waals surface area contributed by atoms with Crippen molar-refractivity contribution in [2.75, 3.05) is 19.5 Å². The summed E-state index contributed by atoms with van der Waals surface area (Å²) in [6.45, 7) is 1.93. The van der Waals surface area contributed by atoms with Gasteiger partial charge in [-0.15, -0.1) is 0 Å². The van der Waals surface area contributed by atoms with Crippen molar-refractivity contribution in [1.82, 2.24) is 5.32 Å². The summed E-state index contributed by atoms with van der Waals surface area (Å²) in [5.41, 5.74) is 2.20. The van der Waals surface area contributed by atoms with E-state index in [1.165, 1.54) is 0 Å². The summed E-state index contributed by atoms with van der Waals surface area (Å²) in [6.07, 6.45) is 0. The number of ether oxygens (including phenoxy) is 2. The molecule has 5 nitrogen and oxygen atoms in total. The molecule has 0 fully saturated rings. The zero-order valence-corrected chi connectivity index (χ0v) is 14.0. The Hall–Kier alpha value is -2.60. The normalized spacial score (nSPS) is 9.87. The van der Waals surface area contributed by atoms with Crippen LogP contribution < -0.4 is 20.1 Å². The van der Waals surface area contributed by atoms with Gasteiger partial charge in [0.15, 0.2) is 5.11 Å². The average Bonchev–Trinajstić information content (AvgIpc) is 2.55. The standard InChI is InChI=1S/C17H18N2O3S/c1-11-5-4-6-12(9-11)16(20)19-17(23)18-14-8-7-13(21-2)10-15(14)22-3/h4-10H,1-3H3,(H2,18,19,20,23). The van der Waals surface area contributed by atoms with Crippen LogP contribution in [0.2, 0.25) is 0 Å². The zero-order chi connectivity index (χ0) is 16.8. The Labute approximate surface area is 140 Å². The largest absolute Gasteiger partial charge is 0.497 e. The van der Waals surface area contributed by atoms with Crippen LogP contribution in [0.1, 0.15) is 15.9 Å². The summed E-state index contributed by atoms with van der Waals surface area (Å²) in [7, 11) is 3.13. The third kappa shape index (κ3) is 4.43. The van der Waals surface area contributed by atoms with Crippen molar-refractivity contribution in [3.05, 3.63) is 53.6 Å². The number of hydrogen-bond acceptors (Lipinski definition) is 4. The quantitative estimate of drug-likeness (QED) is 0.844. The molecule has 120 valence electrons. The summed E-state index contributed by atoms with van der Waals surface area (Å²) < 4.78 is 10.4. The molecule has 2 aromatic rings. The Bertz CT molecular complexity index is 732. The number of hydrogen-bond donors (Lipinski definition) is 2. The molecule has 0 unspecified atom stereocenters. The van der Waals surface area contributed by atoms with E-state index in [1.54, 1.807) is 44.6 Å². The van der Waals surface area contributed by atoms with E-state index < -0.39 is 0 Å². The number of nitrogens with one attached hydrogen (secondary N) is 2. The van der Waals surface area contributed by atoms with Gasteiger partial charge < -0.3 is 14.8 Å². The van der Waals surface area contributed by atoms with Crippen molar-refractivity contribution in [2.45, 2.75) is 6.92 Å². The van der Waals surface area contributed by atoms with Crippen LogP contribution in [0.4, 0.5) is 5.69 Å². The van der Waals surface area contributed by atoms with Gasteiger partial charge in [0.2, 0.25) is 0 Å². The number of benzene rings is 2. The fourth-order valence-corrected chi connectivity index (χ4v) is 2.22. The zero-order valence-electron chi connectivity index (χ0n) is 13.2. The maximum Gasteiger partial charge on any atom is 0.257 e. The van der Waals surface area contributed by atoms with Crippen molar-refractivity contribution in [1.29, 1.82) is 0 Å². The van der Waals surface area contributed by atoms with E-state index in [-0.39, 0.29) is 11.0 Å². The molecule has 6 heteroatoms. The first-order valence-electron chi connectivity index (χ1n) is 6.94. The van der Waals surface area contributed by atoms with Crippen molar-refractivity contribution in [3.63, 3.8) is 0 Å². The molecule has 0 aliphatic rings.